The zero-order valence-electron chi connectivity index (χ0n) is 8.53. The number of carbonyl (C=O) groups is 1. The molecule has 1 rings (SSSR count). The summed E-state index contributed by atoms with van der Waals surface area (Å²) in [7, 11) is 0. The highest BCUT2D eigenvalue weighted by Gasteiger charge is 1.93. The molecule has 0 saturated carbocycles. The molecular formula is C13H14O. The first kappa shape index (κ1) is 10.5. The van der Waals surface area contributed by atoms with Crippen molar-refractivity contribution in [1.82, 2.24) is 0 Å². The van der Waals surface area contributed by atoms with E-state index in [1.54, 1.807) is 6.08 Å². The molecule has 0 radical (unpaired) electrons. The molecule has 0 heterocycles. The third kappa shape index (κ3) is 3.02. The Bertz CT molecular complexity index is 358. The fraction of sp³-hybridized carbons (Fsp3) is 0.154. The number of hydrogen-bond donors (Lipinski definition) is 0. The van der Waals surface area contributed by atoms with Gasteiger partial charge in [0, 0.05) is 0 Å². The van der Waals surface area contributed by atoms with Gasteiger partial charge in [0.05, 0.1) is 0 Å². The van der Waals surface area contributed by atoms with Gasteiger partial charge < -0.3 is 0 Å². The van der Waals surface area contributed by atoms with Crippen molar-refractivity contribution in [1.29, 1.82) is 0 Å². The maximum absolute atomic E-state index is 10.2. The molecule has 0 spiro atoms. The van der Waals surface area contributed by atoms with Crippen molar-refractivity contribution in [2.45, 2.75) is 13.8 Å². The molecule has 0 bridgehead atoms. The highest BCUT2D eigenvalue weighted by Crippen LogP contribution is 2.14. The van der Waals surface area contributed by atoms with Gasteiger partial charge in [-0.1, -0.05) is 36.4 Å². The van der Waals surface area contributed by atoms with Crippen LogP contribution >= 0.6 is 0 Å². The highest BCUT2D eigenvalue weighted by molar-refractivity contribution is 5.71. The van der Waals surface area contributed by atoms with Gasteiger partial charge in [-0.15, -0.1) is 0 Å². The highest BCUT2D eigenvalue weighted by atomic mass is 16.1. The summed E-state index contributed by atoms with van der Waals surface area (Å²) >= 11 is 0. The van der Waals surface area contributed by atoms with Gasteiger partial charge >= 0.3 is 0 Å². The summed E-state index contributed by atoms with van der Waals surface area (Å²) in [5, 5.41) is 0. The van der Waals surface area contributed by atoms with E-state index in [1.807, 2.05) is 38.1 Å². The quantitative estimate of drug-likeness (QED) is 0.402. The third-order valence-corrected chi connectivity index (χ3v) is 2.00. The maximum atomic E-state index is 10.2. The Balaban J connectivity index is 2.90. The molecule has 0 saturated heterocycles. The van der Waals surface area contributed by atoms with Crippen LogP contribution in [-0.4, -0.2) is 6.29 Å². The summed E-state index contributed by atoms with van der Waals surface area (Å²) in [4.78, 5) is 10.2. The molecule has 0 N–H and O–H groups in total. The zero-order valence-corrected chi connectivity index (χ0v) is 8.53. The molecule has 14 heavy (non-hydrogen) atoms. The molecule has 0 atom stereocenters. The van der Waals surface area contributed by atoms with Crippen LogP contribution in [0.3, 0.4) is 0 Å². The summed E-state index contributed by atoms with van der Waals surface area (Å²) in [5.74, 6) is 0. The predicted molar refractivity (Wildman–Crippen MR) is 59.9 cm³/mol. The SMILES string of the molecule is CC(=C/C=O)/C=C(\C)c1ccccc1. The van der Waals surface area contributed by atoms with E-state index in [1.165, 1.54) is 11.1 Å². The van der Waals surface area contributed by atoms with Crippen LogP contribution in [0.1, 0.15) is 19.4 Å². The van der Waals surface area contributed by atoms with Gasteiger partial charge in [0.2, 0.25) is 0 Å². The van der Waals surface area contributed by atoms with Crippen LogP contribution in [0.4, 0.5) is 0 Å². The van der Waals surface area contributed by atoms with Gasteiger partial charge in [0.25, 0.3) is 0 Å². The van der Waals surface area contributed by atoms with Crippen molar-refractivity contribution in [2.75, 3.05) is 0 Å². The first-order valence-electron chi connectivity index (χ1n) is 4.60. The lowest BCUT2D eigenvalue weighted by Crippen LogP contribution is -1.79. The van der Waals surface area contributed by atoms with Crippen molar-refractivity contribution in [3.8, 4) is 0 Å². The van der Waals surface area contributed by atoms with E-state index in [2.05, 4.69) is 12.1 Å². The Morgan fingerprint density at radius 3 is 2.36 bits per heavy atom. The summed E-state index contributed by atoms with van der Waals surface area (Å²) < 4.78 is 0. The minimum Gasteiger partial charge on any atom is -0.299 e. The lowest BCUT2D eigenvalue weighted by Gasteiger charge is -2.00. The molecule has 0 aliphatic carbocycles. The lowest BCUT2D eigenvalue weighted by atomic mass is 10.1. The van der Waals surface area contributed by atoms with Crippen LogP contribution in [0.5, 0.6) is 0 Å². The molecular weight excluding hydrogens is 172 g/mol. The van der Waals surface area contributed by atoms with Gasteiger partial charge in [0.1, 0.15) is 6.29 Å². The van der Waals surface area contributed by atoms with Gasteiger partial charge in [-0.05, 0) is 36.6 Å². The van der Waals surface area contributed by atoms with Crippen molar-refractivity contribution in [3.05, 3.63) is 53.6 Å². The number of benzene rings is 1. The van der Waals surface area contributed by atoms with E-state index in [0.717, 1.165) is 11.9 Å². The molecule has 0 aliphatic heterocycles. The van der Waals surface area contributed by atoms with E-state index in [-0.39, 0.29) is 0 Å². The minimum absolute atomic E-state index is 0.810. The minimum atomic E-state index is 0.810. The zero-order chi connectivity index (χ0) is 10.4. The molecule has 1 aromatic rings. The first-order valence-corrected chi connectivity index (χ1v) is 4.60. The van der Waals surface area contributed by atoms with Gasteiger partial charge in [-0.2, -0.15) is 0 Å². The smallest absolute Gasteiger partial charge is 0.143 e. The second kappa shape index (κ2) is 5.18. The number of hydrogen-bond acceptors (Lipinski definition) is 1. The van der Waals surface area contributed by atoms with E-state index in [4.69, 9.17) is 0 Å². The van der Waals surface area contributed by atoms with Gasteiger partial charge in [-0.3, -0.25) is 4.79 Å². The Hall–Kier alpha value is -1.63. The van der Waals surface area contributed by atoms with Crippen LogP contribution in [0.2, 0.25) is 0 Å². The third-order valence-electron chi connectivity index (χ3n) is 2.00. The van der Waals surface area contributed by atoms with E-state index in [0.29, 0.717) is 0 Å². The average molecular weight is 186 g/mol. The van der Waals surface area contributed by atoms with Crippen molar-refractivity contribution in [3.63, 3.8) is 0 Å². The summed E-state index contributed by atoms with van der Waals surface area (Å²) in [6.45, 7) is 3.96. The number of rotatable bonds is 3. The van der Waals surface area contributed by atoms with Crippen LogP contribution in [-0.2, 0) is 4.79 Å². The standard InChI is InChI=1S/C13H14O/c1-11(8-9-14)10-12(2)13-6-4-3-5-7-13/h3-10H,1-2H3/b11-8-,12-10+. The Kier molecular flexibility index (Phi) is 3.86. The second-order valence-corrected chi connectivity index (χ2v) is 3.24. The molecule has 1 nitrogen and oxygen atoms in total. The lowest BCUT2D eigenvalue weighted by molar-refractivity contribution is -0.104. The molecule has 1 heteroatoms. The monoisotopic (exact) mass is 186 g/mol. The average Bonchev–Trinajstić information content (AvgIpc) is 2.19. The summed E-state index contributed by atoms with van der Waals surface area (Å²) in [6, 6.07) is 10.1. The molecule has 0 unspecified atom stereocenters. The van der Waals surface area contributed by atoms with Crippen LogP contribution in [0.15, 0.2) is 48.1 Å². The topological polar surface area (TPSA) is 17.1 Å². The van der Waals surface area contributed by atoms with Gasteiger partial charge in [-0.25, -0.2) is 0 Å². The van der Waals surface area contributed by atoms with Crippen LogP contribution < -0.4 is 0 Å². The Morgan fingerprint density at radius 1 is 1.14 bits per heavy atom. The summed E-state index contributed by atoms with van der Waals surface area (Å²) in [5.41, 5.74) is 3.33. The van der Waals surface area contributed by atoms with E-state index >= 15 is 0 Å². The fourth-order valence-corrected chi connectivity index (χ4v) is 1.28. The normalized spacial score (nSPS) is 12.7. The number of aldehydes is 1. The van der Waals surface area contributed by atoms with Crippen LogP contribution in [0, 0.1) is 0 Å². The van der Waals surface area contributed by atoms with Crippen molar-refractivity contribution >= 4 is 11.9 Å². The first-order chi connectivity index (χ1) is 6.74. The molecule has 1 aromatic carbocycles. The Morgan fingerprint density at radius 2 is 1.79 bits per heavy atom. The molecule has 0 aromatic heterocycles. The molecule has 72 valence electrons. The predicted octanol–water partition coefficient (Wildman–Crippen LogP) is 3.24. The maximum Gasteiger partial charge on any atom is 0.143 e. The van der Waals surface area contributed by atoms with Crippen LogP contribution in [0.25, 0.3) is 5.57 Å². The Labute approximate surface area is 84.8 Å². The molecule has 0 aliphatic rings. The molecule has 0 fully saturated rings. The van der Waals surface area contributed by atoms with Crippen molar-refractivity contribution < 1.29 is 4.79 Å². The largest absolute Gasteiger partial charge is 0.299 e. The number of allylic oxidation sites excluding steroid dienone is 4. The number of carbonyl (C=O) groups excluding carboxylic acids is 1. The van der Waals surface area contributed by atoms with Gasteiger partial charge in [0.15, 0.2) is 0 Å². The molecule has 0 amide bonds. The second-order valence-electron chi connectivity index (χ2n) is 3.24. The summed E-state index contributed by atoms with van der Waals surface area (Å²) in [6.07, 6.45) is 4.38. The van der Waals surface area contributed by atoms with E-state index in [9.17, 15) is 4.79 Å². The van der Waals surface area contributed by atoms with Crippen molar-refractivity contribution in [2.24, 2.45) is 0 Å². The fourth-order valence-electron chi connectivity index (χ4n) is 1.28. The van der Waals surface area contributed by atoms with E-state index < -0.39 is 0 Å².